The Kier molecular flexibility index (Phi) is 4.26. The molecular weight excluding hydrogens is 200 g/mol. The largest absolute Gasteiger partial charge is 0.378 e. The molecule has 0 radical (unpaired) electrons. The predicted octanol–water partition coefficient (Wildman–Crippen LogP) is 3.54. The van der Waals surface area contributed by atoms with Crippen molar-refractivity contribution in [2.75, 3.05) is 13.2 Å². The molecule has 0 spiro atoms. The van der Waals surface area contributed by atoms with Crippen LogP contribution in [0.5, 0.6) is 0 Å². The van der Waals surface area contributed by atoms with E-state index in [-0.39, 0.29) is 5.60 Å². The van der Waals surface area contributed by atoms with E-state index in [0.29, 0.717) is 6.10 Å². The summed E-state index contributed by atoms with van der Waals surface area (Å²) in [5, 5.41) is 0. The SMILES string of the molecule is CC1CCC1OCCCCOC1(C)CCC1. The Bertz CT molecular complexity index is 211. The number of rotatable bonds is 7. The summed E-state index contributed by atoms with van der Waals surface area (Å²) < 4.78 is 11.7. The second-order valence-electron chi connectivity index (χ2n) is 5.82. The molecule has 2 saturated carbocycles. The van der Waals surface area contributed by atoms with Gasteiger partial charge in [-0.05, 0) is 57.8 Å². The molecule has 2 aliphatic carbocycles. The molecule has 2 aliphatic rings. The third-order valence-electron chi connectivity index (χ3n) is 4.27. The zero-order valence-electron chi connectivity index (χ0n) is 10.8. The molecule has 0 amide bonds. The van der Waals surface area contributed by atoms with Crippen LogP contribution in [0.4, 0.5) is 0 Å². The summed E-state index contributed by atoms with van der Waals surface area (Å²) in [6, 6.07) is 0. The maximum atomic E-state index is 5.88. The number of hydrogen-bond donors (Lipinski definition) is 0. The first kappa shape index (κ1) is 12.4. The summed E-state index contributed by atoms with van der Waals surface area (Å²) in [6.07, 6.45) is 9.34. The minimum absolute atomic E-state index is 0.226. The Labute approximate surface area is 99.7 Å². The number of ether oxygens (including phenoxy) is 2. The van der Waals surface area contributed by atoms with Crippen LogP contribution in [-0.2, 0) is 9.47 Å². The molecule has 0 heterocycles. The lowest BCUT2D eigenvalue weighted by molar-refractivity contribution is -0.0896. The Morgan fingerprint density at radius 1 is 1.12 bits per heavy atom. The highest BCUT2D eigenvalue weighted by atomic mass is 16.5. The minimum atomic E-state index is 0.226. The van der Waals surface area contributed by atoms with Gasteiger partial charge in [0, 0.05) is 13.2 Å². The second-order valence-corrected chi connectivity index (χ2v) is 5.82. The minimum Gasteiger partial charge on any atom is -0.378 e. The molecule has 0 aromatic rings. The smallest absolute Gasteiger partial charge is 0.0654 e. The highest BCUT2D eigenvalue weighted by Gasteiger charge is 2.32. The Morgan fingerprint density at radius 3 is 2.38 bits per heavy atom. The van der Waals surface area contributed by atoms with Crippen molar-refractivity contribution in [3.05, 3.63) is 0 Å². The van der Waals surface area contributed by atoms with E-state index in [1.165, 1.54) is 32.1 Å². The highest BCUT2D eigenvalue weighted by molar-refractivity contribution is 4.84. The third-order valence-corrected chi connectivity index (χ3v) is 4.27. The van der Waals surface area contributed by atoms with Crippen molar-refractivity contribution < 1.29 is 9.47 Å². The highest BCUT2D eigenvalue weighted by Crippen LogP contribution is 2.35. The molecule has 0 N–H and O–H groups in total. The predicted molar refractivity (Wildman–Crippen MR) is 65.6 cm³/mol. The van der Waals surface area contributed by atoms with Gasteiger partial charge in [-0.3, -0.25) is 0 Å². The van der Waals surface area contributed by atoms with Gasteiger partial charge in [0.2, 0.25) is 0 Å². The third kappa shape index (κ3) is 3.21. The van der Waals surface area contributed by atoms with Gasteiger partial charge in [-0.25, -0.2) is 0 Å². The van der Waals surface area contributed by atoms with Gasteiger partial charge in [-0.15, -0.1) is 0 Å². The molecule has 2 nitrogen and oxygen atoms in total. The van der Waals surface area contributed by atoms with Crippen LogP contribution >= 0.6 is 0 Å². The van der Waals surface area contributed by atoms with Crippen molar-refractivity contribution in [3.63, 3.8) is 0 Å². The Balaban J connectivity index is 1.40. The van der Waals surface area contributed by atoms with Crippen molar-refractivity contribution in [1.29, 1.82) is 0 Å². The van der Waals surface area contributed by atoms with Crippen LogP contribution in [0.15, 0.2) is 0 Å². The Hall–Kier alpha value is -0.0800. The normalized spacial score (nSPS) is 31.9. The summed E-state index contributed by atoms with van der Waals surface area (Å²) in [5.41, 5.74) is 0.226. The first-order valence-corrected chi connectivity index (χ1v) is 6.95. The van der Waals surface area contributed by atoms with Crippen molar-refractivity contribution in [2.45, 2.75) is 70.5 Å². The molecular formula is C14H26O2. The van der Waals surface area contributed by atoms with E-state index in [1.807, 2.05) is 0 Å². The topological polar surface area (TPSA) is 18.5 Å². The molecule has 94 valence electrons. The molecule has 2 fully saturated rings. The van der Waals surface area contributed by atoms with Gasteiger partial charge in [0.15, 0.2) is 0 Å². The monoisotopic (exact) mass is 226 g/mol. The molecule has 0 saturated heterocycles. The van der Waals surface area contributed by atoms with Gasteiger partial charge in [-0.2, -0.15) is 0 Å². The van der Waals surface area contributed by atoms with Gasteiger partial charge in [-0.1, -0.05) is 6.92 Å². The zero-order valence-corrected chi connectivity index (χ0v) is 10.8. The lowest BCUT2D eigenvalue weighted by Crippen LogP contribution is -2.36. The van der Waals surface area contributed by atoms with E-state index in [2.05, 4.69) is 13.8 Å². The Morgan fingerprint density at radius 2 is 1.88 bits per heavy atom. The molecule has 0 bridgehead atoms. The van der Waals surface area contributed by atoms with Gasteiger partial charge in [0.1, 0.15) is 0 Å². The van der Waals surface area contributed by atoms with Crippen LogP contribution in [0.1, 0.15) is 58.8 Å². The summed E-state index contributed by atoms with van der Waals surface area (Å²) in [5.74, 6) is 0.796. The van der Waals surface area contributed by atoms with E-state index >= 15 is 0 Å². The van der Waals surface area contributed by atoms with Crippen LogP contribution in [0.2, 0.25) is 0 Å². The molecule has 2 atom stereocenters. The van der Waals surface area contributed by atoms with Crippen molar-refractivity contribution in [3.8, 4) is 0 Å². The van der Waals surface area contributed by atoms with E-state index in [9.17, 15) is 0 Å². The van der Waals surface area contributed by atoms with E-state index in [1.54, 1.807) is 0 Å². The second kappa shape index (κ2) is 5.50. The fourth-order valence-electron chi connectivity index (χ4n) is 2.46. The van der Waals surface area contributed by atoms with Crippen molar-refractivity contribution in [2.24, 2.45) is 5.92 Å². The van der Waals surface area contributed by atoms with Crippen LogP contribution in [0.3, 0.4) is 0 Å². The van der Waals surface area contributed by atoms with Crippen LogP contribution in [0, 0.1) is 5.92 Å². The summed E-state index contributed by atoms with van der Waals surface area (Å²) in [6.45, 7) is 6.37. The maximum absolute atomic E-state index is 5.88. The van der Waals surface area contributed by atoms with Gasteiger partial charge in [0.05, 0.1) is 11.7 Å². The first-order chi connectivity index (χ1) is 7.70. The fraction of sp³-hybridized carbons (Fsp3) is 1.00. The lowest BCUT2D eigenvalue weighted by Gasteiger charge is -2.38. The summed E-state index contributed by atoms with van der Waals surface area (Å²) >= 11 is 0. The first-order valence-electron chi connectivity index (χ1n) is 6.95. The summed E-state index contributed by atoms with van der Waals surface area (Å²) in [4.78, 5) is 0. The van der Waals surface area contributed by atoms with Crippen molar-refractivity contribution in [1.82, 2.24) is 0 Å². The molecule has 2 unspecified atom stereocenters. The van der Waals surface area contributed by atoms with Crippen LogP contribution < -0.4 is 0 Å². The standard InChI is InChI=1S/C14H26O2/c1-12-6-7-13(12)15-10-3-4-11-16-14(2)8-5-9-14/h12-13H,3-11H2,1-2H3. The maximum Gasteiger partial charge on any atom is 0.0654 e. The molecule has 2 heteroatoms. The quantitative estimate of drug-likeness (QED) is 0.618. The lowest BCUT2D eigenvalue weighted by atomic mass is 9.82. The molecule has 0 aromatic carbocycles. The van der Waals surface area contributed by atoms with E-state index < -0.39 is 0 Å². The van der Waals surface area contributed by atoms with E-state index in [4.69, 9.17) is 9.47 Å². The fourth-order valence-corrected chi connectivity index (χ4v) is 2.46. The zero-order chi connectivity index (χ0) is 11.4. The van der Waals surface area contributed by atoms with E-state index in [0.717, 1.165) is 32.0 Å². The number of hydrogen-bond acceptors (Lipinski definition) is 2. The van der Waals surface area contributed by atoms with Gasteiger partial charge >= 0.3 is 0 Å². The molecule has 16 heavy (non-hydrogen) atoms. The van der Waals surface area contributed by atoms with Gasteiger partial charge < -0.3 is 9.47 Å². The average molecular weight is 226 g/mol. The number of unbranched alkanes of at least 4 members (excludes halogenated alkanes) is 1. The molecule has 0 aromatic heterocycles. The molecule has 2 rings (SSSR count). The van der Waals surface area contributed by atoms with Gasteiger partial charge in [0.25, 0.3) is 0 Å². The van der Waals surface area contributed by atoms with Crippen molar-refractivity contribution >= 4 is 0 Å². The van der Waals surface area contributed by atoms with Crippen LogP contribution in [-0.4, -0.2) is 24.9 Å². The summed E-state index contributed by atoms with van der Waals surface area (Å²) in [7, 11) is 0. The van der Waals surface area contributed by atoms with Crippen LogP contribution in [0.25, 0.3) is 0 Å². The molecule has 0 aliphatic heterocycles. The average Bonchev–Trinajstić information content (AvgIpc) is 2.23.